The molecule has 0 spiro atoms. The summed E-state index contributed by atoms with van der Waals surface area (Å²) in [5, 5.41) is 11.1. The van der Waals surface area contributed by atoms with Crippen molar-refractivity contribution in [1.29, 1.82) is 0 Å². The van der Waals surface area contributed by atoms with Crippen LogP contribution in [-0.2, 0) is 19.4 Å². The fraction of sp³-hybridized carbons (Fsp3) is 0.350. The van der Waals surface area contributed by atoms with E-state index < -0.39 is 0 Å². The van der Waals surface area contributed by atoms with E-state index in [1.807, 2.05) is 23.5 Å². The lowest BCUT2D eigenvalue weighted by Gasteiger charge is -2.16. The van der Waals surface area contributed by atoms with Gasteiger partial charge in [-0.2, -0.15) is 0 Å². The zero-order chi connectivity index (χ0) is 18.0. The third-order valence-corrected chi connectivity index (χ3v) is 5.72. The molecule has 0 bridgehead atoms. The maximum absolute atomic E-state index is 5.39. The van der Waals surface area contributed by atoms with Crippen LogP contribution in [0.1, 0.15) is 22.4 Å². The second kappa shape index (κ2) is 12.2. The minimum absolute atomic E-state index is 0. The van der Waals surface area contributed by atoms with Crippen molar-refractivity contribution in [1.82, 2.24) is 10.6 Å². The van der Waals surface area contributed by atoms with Crippen molar-refractivity contribution in [2.75, 3.05) is 13.1 Å². The van der Waals surface area contributed by atoms with Crippen LogP contribution >= 0.6 is 46.7 Å². The number of furan rings is 1. The van der Waals surface area contributed by atoms with Crippen LogP contribution < -0.4 is 10.6 Å². The van der Waals surface area contributed by atoms with E-state index in [4.69, 9.17) is 9.41 Å². The standard InChI is InChI=1S/C20H25N3OS2.HI/c1-16(13-18-6-3-11-25-18)14-22-20(23-15-19-7-4-12-26-19)21-9-8-17-5-2-10-24-17;/h2-7,10-12,16H,8-9,13-15H2,1H3,(H2,21,22,23);1H. The third-order valence-electron chi connectivity index (χ3n) is 3.96. The van der Waals surface area contributed by atoms with Crippen LogP contribution in [0.25, 0.3) is 0 Å². The van der Waals surface area contributed by atoms with E-state index >= 15 is 0 Å². The zero-order valence-electron chi connectivity index (χ0n) is 15.4. The normalized spacial score (nSPS) is 12.4. The van der Waals surface area contributed by atoms with Gasteiger partial charge < -0.3 is 15.1 Å². The topological polar surface area (TPSA) is 49.6 Å². The highest BCUT2D eigenvalue weighted by Crippen LogP contribution is 2.14. The van der Waals surface area contributed by atoms with Crippen LogP contribution in [0.3, 0.4) is 0 Å². The molecule has 146 valence electrons. The lowest BCUT2D eigenvalue weighted by molar-refractivity contribution is 0.505. The highest BCUT2D eigenvalue weighted by molar-refractivity contribution is 14.0. The Hall–Kier alpha value is -1.32. The van der Waals surface area contributed by atoms with Crippen molar-refractivity contribution in [2.24, 2.45) is 10.9 Å². The van der Waals surface area contributed by atoms with E-state index in [2.05, 4.69) is 52.6 Å². The van der Waals surface area contributed by atoms with Crippen LogP contribution in [0.5, 0.6) is 0 Å². The summed E-state index contributed by atoms with van der Waals surface area (Å²) in [7, 11) is 0. The van der Waals surface area contributed by atoms with Gasteiger partial charge in [-0.05, 0) is 47.4 Å². The molecule has 0 aliphatic heterocycles. The molecular formula is C20H26IN3OS2. The first-order valence-electron chi connectivity index (χ1n) is 8.89. The smallest absolute Gasteiger partial charge is 0.191 e. The van der Waals surface area contributed by atoms with E-state index in [1.54, 1.807) is 17.6 Å². The van der Waals surface area contributed by atoms with Gasteiger partial charge in [0.25, 0.3) is 0 Å². The number of aliphatic imine (C=N–C) groups is 1. The molecule has 3 aromatic heterocycles. The van der Waals surface area contributed by atoms with Crippen molar-refractivity contribution >= 4 is 52.6 Å². The van der Waals surface area contributed by atoms with Crippen molar-refractivity contribution in [3.63, 3.8) is 0 Å². The first-order valence-corrected chi connectivity index (χ1v) is 10.6. The van der Waals surface area contributed by atoms with Crippen molar-refractivity contribution in [2.45, 2.75) is 26.3 Å². The fourth-order valence-electron chi connectivity index (χ4n) is 2.61. The van der Waals surface area contributed by atoms with E-state index in [9.17, 15) is 0 Å². The molecule has 3 rings (SSSR count). The summed E-state index contributed by atoms with van der Waals surface area (Å²) in [6.07, 6.45) is 3.65. The Labute approximate surface area is 186 Å². The molecular weight excluding hydrogens is 489 g/mol. The summed E-state index contributed by atoms with van der Waals surface area (Å²) in [5.74, 6) is 2.40. The Morgan fingerprint density at radius 3 is 2.52 bits per heavy atom. The Kier molecular flexibility index (Phi) is 9.93. The monoisotopic (exact) mass is 515 g/mol. The van der Waals surface area contributed by atoms with Gasteiger partial charge in [0.15, 0.2) is 5.96 Å². The van der Waals surface area contributed by atoms with Crippen LogP contribution in [0.15, 0.2) is 62.8 Å². The van der Waals surface area contributed by atoms with Gasteiger partial charge in [-0.25, -0.2) is 4.99 Å². The summed E-state index contributed by atoms with van der Waals surface area (Å²) in [6, 6.07) is 12.4. The molecule has 1 atom stereocenters. The minimum atomic E-state index is 0. The number of nitrogens with one attached hydrogen (secondary N) is 2. The maximum Gasteiger partial charge on any atom is 0.191 e. The molecule has 4 nitrogen and oxygen atoms in total. The second-order valence-electron chi connectivity index (χ2n) is 6.27. The molecule has 0 saturated heterocycles. The molecule has 0 fully saturated rings. The first kappa shape index (κ1) is 22.0. The summed E-state index contributed by atoms with van der Waals surface area (Å²) in [4.78, 5) is 7.43. The van der Waals surface area contributed by atoms with Crippen LogP contribution in [0, 0.1) is 5.92 Å². The molecule has 0 saturated carbocycles. The number of rotatable bonds is 9. The van der Waals surface area contributed by atoms with E-state index in [0.29, 0.717) is 12.5 Å². The lowest BCUT2D eigenvalue weighted by atomic mass is 10.1. The average Bonchev–Trinajstić information content (AvgIpc) is 3.40. The molecule has 3 heterocycles. The Bertz CT molecular complexity index is 755. The zero-order valence-corrected chi connectivity index (χ0v) is 19.4. The molecule has 7 heteroatoms. The minimum Gasteiger partial charge on any atom is -0.469 e. The number of hydrogen-bond acceptors (Lipinski definition) is 4. The highest BCUT2D eigenvalue weighted by Gasteiger charge is 2.07. The quantitative estimate of drug-likeness (QED) is 0.235. The van der Waals surface area contributed by atoms with Crippen LogP contribution in [-0.4, -0.2) is 19.0 Å². The summed E-state index contributed by atoms with van der Waals surface area (Å²) in [6.45, 7) is 4.66. The summed E-state index contributed by atoms with van der Waals surface area (Å²) in [5.41, 5.74) is 0. The predicted octanol–water partition coefficient (Wildman–Crippen LogP) is 5.18. The lowest BCUT2D eigenvalue weighted by Crippen LogP contribution is -2.40. The van der Waals surface area contributed by atoms with Gasteiger partial charge >= 0.3 is 0 Å². The van der Waals surface area contributed by atoms with Crippen molar-refractivity contribution in [3.05, 3.63) is 68.9 Å². The number of hydrogen-bond donors (Lipinski definition) is 2. The van der Waals surface area contributed by atoms with Crippen LogP contribution in [0.4, 0.5) is 0 Å². The van der Waals surface area contributed by atoms with E-state index in [0.717, 1.165) is 37.7 Å². The Balaban J connectivity index is 0.00000261. The molecule has 3 aromatic rings. The number of nitrogens with zero attached hydrogens (tertiary/aromatic N) is 1. The predicted molar refractivity (Wildman–Crippen MR) is 126 cm³/mol. The Morgan fingerprint density at radius 1 is 1.07 bits per heavy atom. The SMILES string of the molecule is CC(CNC(=NCc1cccs1)NCCc1ccco1)Cc1cccs1.I. The van der Waals surface area contributed by atoms with Gasteiger partial charge in [0.05, 0.1) is 12.8 Å². The molecule has 1 unspecified atom stereocenters. The van der Waals surface area contributed by atoms with E-state index in [1.165, 1.54) is 9.75 Å². The molecule has 27 heavy (non-hydrogen) atoms. The number of halogens is 1. The largest absolute Gasteiger partial charge is 0.469 e. The molecule has 0 aliphatic carbocycles. The average molecular weight is 515 g/mol. The molecule has 0 aromatic carbocycles. The molecule has 0 amide bonds. The molecule has 0 radical (unpaired) electrons. The fourth-order valence-corrected chi connectivity index (χ4v) is 4.11. The molecule has 0 aliphatic rings. The number of guanidine groups is 1. The number of thiophene rings is 2. The van der Waals surface area contributed by atoms with Gasteiger partial charge in [-0.3, -0.25) is 0 Å². The van der Waals surface area contributed by atoms with Crippen molar-refractivity contribution in [3.8, 4) is 0 Å². The van der Waals surface area contributed by atoms with Crippen molar-refractivity contribution < 1.29 is 4.42 Å². The first-order chi connectivity index (χ1) is 12.8. The maximum atomic E-state index is 5.39. The second-order valence-corrected chi connectivity index (χ2v) is 8.33. The summed E-state index contributed by atoms with van der Waals surface area (Å²) < 4.78 is 5.39. The van der Waals surface area contributed by atoms with Crippen LogP contribution in [0.2, 0.25) is 0 Å². The van der Waals surface area contributed by atoms with E-state index in [-0.39, 0.29) is 24.0 Å². The summed E-state index contributed by atoms with van der Waals surface area (Å²) >= 11 is 3.56. The van der Waals surface area contributed by atoms with Gasteiger partial charge in [-0.15, -0.1) is 46.7 Å². The van der Waals surface area contributed by atoms with Gasteiger partial charge in [0, 0.05) is 29.3 Å². The van der Waals surface area contributed by atoms with Gasteiger partial charge in [0.2, 0.25) is 0 Å². The Morgan fingerprint density at radius 2 is 1.85 bits per heavy atom. The highest BCUT2D eigenvalue weighted by atomic mass is 127. The third kappa shape index (κ3) is 8.06. The van der Waals surface area contributed by atoms with Gasteiger partial charge in [0.1, 0.15) is 5.76 Å². The van der Waals surface area contributed by atoms with Gasteiger partial charge in [-0.1, -0.05) is 19.1 Å². The molecule has 2 N–H and O–H groups in total.